The van der Waals surface area contributed by atoms with Crippen LogP contribution in [0.15, 0.2) is 42.5 Å². The highest BCUT2D eigenvalue weighted by atomic mass is 35.5. The Hall–Kier alpha value is -0.890. The molecule has 0 aromatic heterocycles. The molecule has 16 heavy (non-hydrogen) atoms. The zero-order chi connectivity index (χ0) is 11.5. The van der Waals surface area contributed by atoms with Gasteiger partial charge < -0.3 is 5.32 Å². The summed E-state index contributed by atoms with van der Waals surface area (Å²) in [5, 5.41) is 5.01. The minimum atomic E-state index is 0.586. The summed E-state index contributed by atoms with van der Waals surface area (Å²) < 4.78 is 0. The van der Waals surface area contributed by atoms with Crippen molar-refractivity contribution in [3.05, 3.63) is 57.5 Å². The Kier molecular flexibility index (Phi) is 3.59. The molecule has 0 bridgehead atoms. The van der Waals surface area contributed by atoms with Crippen LogP contribution in [-0.2, 0) is 0 Å². The van der Waals surface area contributed by atoms with E-state index in [-0.39, 0.29) is 0 Å². The number of hydrogen-bond donors (Lipinski definition) is 1. The van der Waals surface area contributed by atoms with Gasteiger partial charge in [0.1, 0.15) is 0 Å². The second kappa shape index (κ2) is 4.96. The highest BCUT2D eigenvalue weighted by Crippen LogP contribution is 2.32. The van der Waals surface area contributed by atoms with Gasteiger partial charge in [0.05, 0.1) is 15.7 Å². The van der Waals surface area contributed by atoms with Gasteiger partial charge in [-0.15, -0.1) is 0 Å². The Morgan fingerprint density at radius 1 is 0.750 bits per heavy atom. The number of para-hydroxylation sites is 1. The van der Waals surface area contributed by atoms with Gasteiger partial charge in [-0.1, -0.05) is 40.9 Å². The van der Waals surface area contributed by atoms with E-state index < -0.39 is 0 Å². The highest BCUT2D eigenvalue weighted by molar-refractivity contribution is 6.39. The summed E-state index contributed by atoms with van der Waals surface area (Å²) in [5.41, 5.74) is 1.59. The molecule has 2 aromatic carbocycles. The predicted molar refractivity (Wildman–Crippen MR) is 71.2 cm³/mol. The standard InChI is InChI=1S/C12H8Cl3N/c13-8-4-6-9(7-5-8)16-12-10(14)2-1-3-11(12)15/h1-7,16H. The fourth-order valence-electron chi connectivity index (χ4n) is 1.29. The van der Waals surface area contributed by atoms with E-state index in [1.165, 1.54) is 0 Å². The number of hydrogen-bond acceptors (Lipinski definition) is 1. The molecular weight excluding hydrogens is 264 g/mol. The quantitative estimate of drug-likeness (QED) is 0.773. The fraction of sp³-hybridized carbons (Fsp3) is 0. The Labute approximate surface area is 109 Å². The van der Waals surface area contributed by atoms with E-state index in [0.29, 0.717) is 20.8 Å². The number of rotatable bonds is 2. The van der Waals surface area contributed by atoms with E-state index in [0.717, 1.165) is 5.69 Å². The molecule has 0 aliphatic carbocycles. The summed E-state index contributed by atoms with van der Waals surface area (Å²) in [4.78, 5) is 0. The van der Waals surface area contributed by atoms with Crippen LogP contribution in [0.25, 0.3) is 0 Å². The summed E-state index contributed by atoms with van der Waals surface area (Å²) in [6.07, 6.45) is 0. The van der Waals surface area contributed by atoms with Gasteiger partial charge in [-0.3, -0.25) is 0 Å². The molecule has 0 heterocycles. The van der Waals surface area contributed by atoms with Gasteiger partial charge in [0, 0.05) is 10.7 Å². The van der Waals surface area contributed by atoms with Gasteiger partial charge in [0.25, 0.3) is 0 Å². The SMILES string of the molecule is Clc1ccc(Nc2c(Cl)cccc2Cl)cc1. The zero-order valence-electron chi connectivity index (χ0n) is 8.18. The molecule has 0 saturated carbocycles. The van der Waals surface area contributed by atoms with E-state index in [2.05, 4.69) is 5.32 Å². The van der Waals surface area contributed by atoms with Crippen molar-refractivity contribution in [1.82, 2.24) is 0 Å². The van der Waals surface area contributed by atoms with Crippen LogP contribution in [0.4, 0.5) is 11.4 Å². The number of halogens is 3. The van der Waals surface area contributed by atoms with Crippen molar-refractivity contribution in [1.29, 1.82) is 0 Å². The van der Waals surface area contributed by atoms with Crippen molar-refractivity contribution in [3.8, 4) is 0 Å². The summed E-state index contributed by atoms with van der Waals surface area (Å²) in [5.74, 6) is 0. The van der Waals surface area contributed by atoms with E-state index in [9.17, 15) is 0 Å². The second-order valence-corrected chi connectivity index (χ2v) is 4.48. The third kappa shape index (κ3) is 2.62. The average Bonchev–Trinajstić information content (AvgIpc) is 2.26. The lowest BCUT2D eigenvalue weighted by molar-refractivity contribution is 1.55. The summed E-state index contributed by atoms with van der Waals surface area (Å²) in [6.45, 7) is 0. The van der Waals surface area contributed by atoms with Crippen LogP contribution in [0.2, 0.25) is 15.1 Å². The van der Waals surface area contributed by atoms with E-state index >= 15 is 0 Å². The second-order valence-electron chi connectivity index (χ2n) is 3.23. The minimum Gasteiger partial charge on any atom is -0.353 e. The van der Waals surface area contributed by atoms with Crippen molar-refractivity contribution in [2.75, 3.05) is 5.32 Å². The van der Waals surface area contributed by atoms with Crippen LogP contribution in [0.1, 0.15) is 0 Å². The molecule has 0 atom stereocenters. The molecule has 0 aliphatic rings. The van der Waals surface area contributed by atoms with Crippen LogP contribution in [0.5, 0.6) is 0 Å². The molecule has 2 aromatic rings. The molecule has 4 heteroatoms. The van der Waals surface area contributed by atoms with Crippen molar-refractivity contribution in [3.63, 3.8) is 0 Å². The maximum absolute atomic E-state index is 6.04. The van der Waals surface area contributed by atoms with E-state index in [1.807, 2.05) is 12.1 Å². The summed E-state index contributed by atoms with van der Waals surface area (Å²) in [7, 11) is 0. The van der Waals surface area contributed by atoms with Crippen LogP contribution >= 0.6 is 34.8 Å². The zero-order valence-corrected chi connectivity index (χ0v) is 10.4. The lowest BCUT2D eigenvalue weighted by atomic mass is 10.2. The predicted octanol–water partition coefficient (Wildman–Crippen LogP) is 5.39. The molecule has 0 aliphatic heterocycles. The lowest BCUT2D eigenvalue weighted by Crippen LogP contribution is -1.91. The molecule has 0 radical (unpaired) electrons. The first-order valence-corrected chi connectivity index (χ1v) is 5.77. The van der Waals surface area contributed by atoms with Crippen LogP contribution < -0.4 is 5.32 Å². The highest BCUT2D eigenvalue weighted by Gasteiger charge is 2.04. The third-order valence-electron chi connectivity index (χ3n) is 2.08. The Morgan fingerprint density at radius 2 is 1.31 bits per heavy atom. The van der Waals surface area contributed by atoms with Gasteiger partial charge in [-0.2, -0.15) is 0 Å². The molecular formula is C12H8Cl3N. The van der Waals surface area contributed by atoms with E-state index in [1.54, 1.807) is 30.3 Å². The minimum absolute atomic E-state index is 0.586. The maximum atomic E-state index is 6.04. The first-order valence-electron chi connectivity index (χ1n) is 4.63. The van der Waals surface area contributed by atoms with Crippen molar-refractivity contribution < 1.29 is 0 Å². The van der Waals surface area contributed by atoms with Crippen LogP contribution in [0, 0.1) is 0 Å². The number of anilines is 2. The van der Waals surface area contributed by atoms with Crippen molar-refractivity contribution in [2.24, 2.45) is 0 Å². The topological polar surface area (TPSA) is 12.0 Å². The van der Waals surface area contributed by atoms with Gasteiger partial charge >= 0.3 is 0 Å². The van der Waals surface area contributed by atoms with Gasteiger partial charge in [0.15, 0.2) is 0 Å². The van der Waals surface area contributed by atoms with Crippen LogP contribution in [-0.4, -0.2) is 0 Å². The molecule has 0 unspecified atom stereocenters. The molecule has 1 nitrogen and oxygen atoms in total. The van der Waals surface area contributed by atoms with Gasteiger partial charge in [0.2, 0.25) is 0 Å². The van der Waals surface area contributed by atoms with Gasteiger partial charge in [-0.25, -0.2) is 0 Å². The number of nitrogens with one attached hydrogen (secondary N) is 1. The Morgan fingerprint density at radius 3 is 1.88 bits per heavy atom. The summed E-state index contributed by atoms with van der Waals surface area (Å²) in [6, 6.07) is 12.7. The molecule has 1 N–H and O–H groups in total. The Bertz CT molecular complexity index is 474. The molecule has 82 valence electrons. The Balaban J connectivity index is 2.30. The van der Waals surface area contributed by atoms with Crippen molar-refractivity contribution in [2.45, 2.75) is 0 Å². The van der Waals surface area contributed by atoms with Crippen LogP contribution in [0.3, 0.4) is 0 Å². The molecule has 0 fully saturated rings. The maximum Gasteiger partial charge on any atom is 0.0762 e. The normalized spacial score (nSPS) is 10.2. The van der Waals surface area contributed by atoms with E-state index in [4.69, 9.17) is 34.8 Å². The smallest absolute Gasteiger partial charge is 0.0762 e. The first kappa shape index (κ1) is 11.6. The molecule has 0 saturated heterocycles. The summed E-state index contributed by atoms with van der Waals surface area (Å²) >= 11 is 17.9. The molecule has 0 amide bonds. The first-order chi connectivity index (χ1) is 7.66. The monoisotopic (exact) mass is 271 g/mol. The average molecular weight is 273 g/mol. The molecule has 2 rings (SSSR count). The fourth-order valence-corrected chi connectivity index (χ4v) is 1.91. The largest absolute Gasteiger partial charge is 0.353 e. The third-order valence-corrected chi connectivity index (χ3v) is 2.96. The molecule has 0 spiro atoms. The number of benzene rings is 2. The van der Waals surface area contributed by atoms with Gasteiger partial charge in [-0.05, 0) is 36.4 Å². The van der Waals surface area contributed by atoms with Crippen molar-refractivity contribution >= 4 is 46.2 Å². The lowest BCUT2D eigenvalue weighted by Gasteiger charge is -2.10.